The molecule has 0 bridgehead atoms. The van der Waals surface area contributed by atoms with Gasteiger partial charge in [-0.25, -0.2) is 0 Å². The van der Waals surface area contributed by atoms with E-state index >= 15 is 0 Å². The van der Waals surface area contributed by atoms with Crippen molar-refractivity contribution in [2.75, 3.05) is 0 Å². The average Bonchev–Trinajstić information content (AvgIpc) is 2.30. The summed E-state index contributed by atoms with van der Waals surface area (Å²) in [5.74, 6) is -0.293. The zero-order chi connectivity index (χ0) is 13.6. The first-order valence-corrected chi connectivity index (χ1v) is 5.53. The maximum atomic E-state index is 11.9. The molecule has 0 aliphatic heterocycles. The number of oxime groups is 1. The highest BCUT2D eigenvalue weighted by atomic mass is 19.4. The van der Waals surface area contributed by atoms with Crippen LogP contribution >= 0.6 is 0 Å². The molecule has 0 saturated carbocycles. The molecular formula is C12H14F3NO2. The van der Waals surface area contributed by atoms with E-state index in [-0.39, 0.29) is 5.75 Å². The highest BCUT2D eigenvalue weighted by Crippen LogP contribution is 2.23. The monoisotopic (exact) mass is 261 g/mol. The number of alkyl halides is 3. The number of unbranched alkanes of at least 4 members (excludes halogenated alkanes) is 1. The van der Waals surface area contributed by atoms with Crippen LogP contribution in [0.15, 0.2) is 29.4 Å². The van der Waals surface area contributed by atoms with Crippen molar-refractivity contribution in [2.24, 2.45) is 5.16 Å². The fourth-order valence-corrected chi connectivity index (χ4v) is 1.45. The normalized spacial score (nSPS) is 12.6. The van der Waals surface area contributed by atoms with Gasteiger partial charge in [0.25, 0.3) is 0 Å². The summed E-state index contributed by atoms with van der Waals surface area (Å²) >= 11 is 0. The largest absolute Gasteiger partial charge is 0.573 e. The molecule has 0 saturated heterocycles. The van der Waals surface area contributed by atoms with E-state index in [2.05, 4.69) is 9.89 Å². The lowest BCUT2D eigenvalue weighted by Gasteiger charge is -2.09. The molecule has 0 atom stereocenters. The molecule has 0 aliphatic carbocycles. The van der Waals surface area contributed by atoms with E-state index in [0.717, 1.165) is 12.8 Å². The van der Waals surface area contributed by atoms with E-state index in [1.54, 1.807) is 0 Å². The SMILES string of the molecule is CCCC/C(=N/O)c1ccc(OC(F)(F)F)cc1. The standard InChI is InChI=1S/C12H14F3NO2/c1-2-3-4-11(16-17)9-5-7-10(8-6-9)18-12(13,14)15/h5-8,17H,2-4H2,1H3/b16-11-. The first-order chi connectivity index (χ1) is 8.46. The van der Waals surface area contributed by atoms with E-state index in [9.17, 15) is 13.2 Å². The highest BCUT2D eigenvalue weighted by Gasteiger charge is 2.30. The Balaban J connectivity index is 2.75. The zero-order valence-electron chi connectivity index (χ0n) is 9.87. The minimum atomic E-state index is -4.70. The van der Waals surface area contributed by atoms with Gasteiger partial charge in [0, 0.05) is 0 Å². The van der Waals surface area contributed by atoms with Gasteiger partial charge in [0.1, 0.15) is 5.75 Å². The van der Waals surface area contributed by atoms with Gasteiger partial charge < -0.3 is 9.94 Å². The molecular weight excluding hydrogens is 247 g/mol. The van der Waals surface area contributed by atoms with Gasteiger partial charge in [-0.15, -0.1) is 13.2 Å². The first-order valence-electron chi connectivity index (χ1n) is 5.53. The highest BCUT2D eigenvalue weighted by molar-refractivity contribution is 6.00. The third kappa shape index (κ3) is 4.65. The van der Waals surface area contributed by atoms with E-state index in [4.69, 9.17) is 5.21 Å². The predicted molar refractivity (Wildman–Crippen MR) is 61.0 cm³/mol. The molecule has 0 unspecified atom stereocenters. The van der Waals surface area contributed by atoms with Crippen molar-refractivity contribution in [3.63, 3.8) is 0 Å². The smallest absolute Gasteiger partial charge is 0.411 e. The predicted octanol–water partition coefficient (Wildman–Crippen LogP) is 3.95. The van der Waals surface area contributed by atoms with Crippen molar-refractivity contribution in [1.82, 2.24) is 0 Å². The Morgan fingerprint density at radius 2 is 1.89 bits per heavy atom. The fraction of sp³-hybridized carbons (Fsp3) is 0.417. The third-order valence-electron chi connectivity index (χ3n) is 2.31. The molecule has 0 heterocycles. The summed E-state index contributed by atoms with van der Waals surface area (Å²) in [6.07, 6.45) is -2.33. The molecule has 1 N–H and O–H groups in total. The van der Waals surface area contributed by atoms with Crippen LogP contribution in [0.3, 0.4) is 0 Å². The molecule has 1 aromatic carbocycles. The second kappa shape index (κ2) is 6.28. The van der Waals surface area contributed by atoms with E-state index in [0.29, 0.717) is 17.7 Å². The van der Waals surface area contributed by atoms with Crippen molar-refractivity contribution in [3.05, 3.63) is 29.8 Å². The molecule has 0 spiro atoms. The lowest BCUT2D eigenvalue weighted by atomic mass is 10.0. The molecule has 0 radical (unpaired) electrons. The van der Waals surface area contributed by atoms with Gasteiger partial charge in [-0.2, -0.15) is 0 Å². The average molecular weight is 261 g/mol. The van der Waals surface area contributed by atoms with Gasteiger partial charge in [-0.3, -0.25) is 0 Å². The van der Waals surface area contributed by atoms with Gasteiger partial charge in [0.15, 0.2) is 0 Å². The first kappa shape index (κ1) is 14.3. The second-order valence-corrected chi connectivity index (χ2v) is 3.72. The maximum absolute atomic E-state index is 11.9. The zero-order valence-corrected chi connectivity index (χ0v) is 9.87. The quantitative estimate of drug-likeness (QED) is 0.495. The summed E-state index contributed by atoms with van der Waals surface area (Å²) in [6, 6.07) is 5.26. The number of hydrogen-bond acceptors (Lipinski definition) is 3. The lowest BCUT2D eigenvalue weighted by molar-refractivity contribution is -0.274. The van der Waals surface area contributed by atoms with Crippen LogP contribution in [-0.4, -0.2) is 17.3 Å². The summed E-state index contributed by atoms with van der Waals surface area (Å²) in [6.45, 7) is 2.00. The summed E-state index contributed by atoms with van der Waals surface area (Å²) < 4.78 is 39.6. The molecule has 6 heteroatoms. The molecule has 0 aliphatic rings. The molecule has 1 aromatic rings. The third-order valence-corrected chi connectivity index (χ3v) is 2.31. The number of ether oxygens (including phenoxy) is 1. The van der Waals surface area contributed by atoms with Gasteiger partial charge >= 0.3 is 6.36 Å². The summed E-state index contributed by atoms with van der Waals surface area (Å²) in [7, 11) is 0. The Kier molecular flexibility index (Phi) is 5.00. The van der Waals surface area contributed by atoms with E-state index in [1.807, 2.05) is 6.92 Å². The number of rotatable bonds is 5. The molecule has 100 valence electrons. The van der Waals surface area contributed by atoms with Crippen LogP contribution in [0, 0.1) is 0 Å². The van der Waals surface area contributed by atoms with Crippen LogP contribution in [0.5, 0.6) is 5.75 Å². The van der Waals surface area contributed by atoms with E-state index < -0.39 is 6.36 Å². The summed E-state index contributed by atoms with van der Waals surface area (Å²) in [5.41, 5.74) is 1.04. The second-order valence-electron chi connectivity index (χ2n) is 3.72. The Labute approximate surface area is 103 Å². The van der Waals surface area contributed by atoms with Crippen molar-refractivity contribution in [2.45, 2.75) is 32.5 Å². The van der Waals surface area contributed by atoms with E-state index in [1.165, 1.54) is 24.3 Å². The molecule has 0 aromatic heterocycles. The number of halogens is 3. The van der Waals surface area contributed by atoms with Crippen molar-refractivity contribution in [3.8, 4) is 5.75 Å². The van der Waals surface area contributed by atoms with Gasteiger partial charge in [-0.05, 0) is 42.7 Å². The van der Waals surface area contributed by atoms with Crippen LogP contribution in [0.2, 0.25) is 0 Å². The number of nitrogens with zero attached hydrogens (tertiary/aromatic N) is 1. The van der Waals surface area contributed by atoms with Gasteiger partial charge in [0.2, 0.25) is 0 Å². The van der Waals surface area contributed by atoms with Crippen LogP contribution < -0.4 is 4.74 Å². The van der Waals surface area contributed by atoms with Crippen molar-refractivity contribution < 1.29 is 23.1 Å². The molecule has 1 rings (SSSR count). The lowest BCUT2D eigenvalue weighted by Crippen LogP contribution is -2.17. The fourth-order valence-electron chi connectivity index (χ4n) is 1.45. The molecule has 0 amide bonds. The molecule has 0 fully saturated rings. The number of benzene rings is 1. The van der Waals surface area contributed by atoms with Gasteiger partial charge in [0.05, 0.1) is 5.71 Å². The van der Waals surface area contributed by atoms with Crippen molar-refractivity contribution >= 4 is 5.71 Å². The van der Waals surface area contributed by atoms with Crippen LogP contribution in [0.25, 0.3) is 0 Å². The molecule has 3 nitrogen and oxygen atoms in total. The number of hydrogen-bond donors (Lipinski definition) is 1. The Bertz CT molecular complexity index is 399. The summed E-state index contributed by atoms with van der Waals surface area (Å²) in [4.78, 5) is 0. The minimum Gasteiger partial charge on any atom is -0.411 e. The minimum absolute atomic E-state index is 0.293. The van der Waals surface area contributed by atoms with Crippen LogP contribution in [0.4, 0.5) is 13.2 Å². The summed E-state index contributed by atoms with van der Waals surface area (Å²) in [5, 5.41) is 12.0. The Hall–Kier alpha value is -1.72. The Morgan fingerprint density at radius 1 is 1.28 bits per heavy atom. The van der Waals surface area contributed by atoms with Crippen LogP contribution in [-0.2, 0) is 0 Å². The van der Waals surface area contributed by atoms with Crippen molar-refractivity contribution in [1.29, 1.82) is 0 Å². The maximum Gasteiger partial charge on any atom is 0.573 e. The molecule has 18 heavy (non-hydrogen) atoms. The van der Waals surface area contributed by atoms with Gasteiger partial charge in [-0.1, -0.05) is 18.5 Å². The van der Waals surface area contributed by atoms with Crippen LogP contribution in [0.1, 0.15) is 31.7 Å². The Morgan fingerprint density at radius 3 is 2.33 bits per heavy atom. The topological polar surface area (TPSA) is 41.8 Å².